The molecule has 0 heterocycles. The summed E-state index contributed by atoms with van der Waals surface area (Å²) in [5.74, 6) is 0.801. The highest BCUT2D eigenvalue weighted by atomic mass is 16.7. The van der Waals surface area contributed by atoms with Crippen molar-refractivity contribution in [2.24, 2.45) is 5.18 Å². The summed E-state index contributed by atoms with van der Waals surface area (Å²) in [6.07, 6.45) is 0. The SMILES string of the molecule is C=C(OCC)Oc1ccc(N=O)cc1.CC. The number of benzene rings is 1. The molecule has 0 unspecified atom stereocenters. The predicted molar refractivity (Wildman–Crippen MR) is 64.6 cm³/mol. The largest absolute Gasteiger partial charge is 0.466 e. The maximum atomic E-state index is 10.1. The molecule has 0 bridgehead atoms. The first kappa shape index (κ1) is 14.2. The standard InChI is InChI=1S/C10H11NO3.C2H6/c1-3-13-8(2)14-10-6-4-9(11-12)5-7-10;1-2/h4-7H,2-3H2,1H3;1-2H3. The number of nitrogens with zero attached hydrogens (tertiary/aromatic N) is 1. The lowest BCUT2D eigenvalue weighted by Gasteiger charge is -2.07. The van der Waals surface area contributed by atoms with Crippen molar-refractivity contribution in [1.82, 2.24) is 0 Å². The van der Waals surface area contributed by atoms with Crippen molar-refractivity contribution in [2.45, 2.75) is 20.8 Å². The fourth-order valence-corrected chi connectivity index (χ4v) is 0.897. The molecule has 4 nitrogen and oxygen atoms in total. The van der Waals surface area contributed by atoms with Gasteiger partial charge >= 0.3 is 0 Å². The molecule has 16 heavy (non-hydrogen) atoms. The zero-order valence-corrected chi connectivity index (χ0v) is 9.90. The lowest BCUT2D eigenvalue weighted by molar-refractivity contribution is 0.118. The van der Waals surface area contributed by atoms with Gasteiger partial charge in [0.2, 0.25) is 0 Å². The lowest BCUT2D eigenvalue weighted by Crippen LogP contribution is -1.98. The van der Waals surface area contributed by atoms with E-state index in [1.54, 1.807) is 24.3 Å². The fourth-order valence-electron chi connectivity index (χ4n) is 0.897. The number of hydrogen-bond acceptors (Lipinski definition) is 4. The third kappa shape index (κ3) is 5.14. The van der Waals surface area contributed by atoms with E-state index in [9.17, 15) is 4.91 Å². The Hall–Kier alpha value is -1.84. The van der Waals surface area contributed by atoms with Gasteiger partial charge in [0.25, 0.3) is 5.95 Å². The van der Waals surface area contributed by atoms with Gasteiger partial charge in [0.05, 0.1) is 6.61 Å². The molecule has 1 aromatic rings. The number of hydrogen-bond donors (Lipinski definition) is 0. The quantitative estimate of drug-likeness (QED) is 0.560. The first-order valence-corrected chi connectivity index (χ1v) is 5.19. The normalized spacial score (nSPS) is 8.44. The van der Waals surface area contributed by atoms with Crippen molar-refractivity contribution < 1.29 is 9.47 Å². The van der Waals surface area contributed by atoms with Crippen LogP contribution in [0, 0.1) is 4.91 Å². The number of nitroso groups, excluding NO2 is 1. The molecule has 88 valence electrons. The molecule has 1 rings (SSSR count). The molecule has 0 aromatic heterocycles. The van der Waals surface area contributed by atoms with Crippen molar-refractivity contribution in [3.63, 3.8) is 0 Å². The highest BCUT2D eigenvalue weighted by molar-refractivity contribution is 5.41. The zero-order chi connectivity index (χ0) is 12.4. The van der Waals surface area contributed by atoms with Gasteiger partial charge in [0.15, 0.2) is 0 Å². The Morgan fingerprint density at radius 1 is 1.31 bits per heavy atom. The van der Waals surface area contributed by atoms with Crippen LogP contribution in [0.2, 0.25) is 0 Å². The summed E-state index contributed by atoms with van der Waals surface area (Å²) in [4.78, 5) is 10.1. The van der Waals surface area contributed by atoms with Gasteiger partial charge in [-0.05, 0) is 42.9 Å². The monoisotopic (exact) mass is 223 g/mol. The Labute approximate surface area is 95.9 Å². The van der Waals surface area contributed by atoms with Crippen LogP contribution in [0.3, 0.4) is 0 Å². The van der Waals surface area contributed by atoms with Crippen LogP contribution in [0.1, 0.15) is 20.8 Å². The van der Waals surface area contributed by atoms with Crippen LogP contribution in [0.5, 0.6) is 5.75 Å². The maximum Gasteiger partial charge on any atom is 0.277 e. The van der Waals surface area contributed by atoms with Crippen LogP contribution in [0.25, 0.3) is 0 Å². The first-order valence-electron chi connectivity index (χ1n) is 5.19. The van der Waals surface area contributed by atoms with E-state index in [0.717, 1.165) is 0 Å². The summed E-state index contributed by atoms with van der Waals surface area (Å²) in [5.41, 5.74) is 0.361. The van der Waals surface area contributed by atoms with Crippen molar-refractivity contribution >= 4 is 5.69 Å². The van der Waals surface area contributed by atoms with E-state index in [4.69, 9.17) is 9.47 Å². The highest BCUT2D eigenvalue weighted by Crippen LogP contribution is 2.19. The lowest BCUT2D eigenvalue weighted by atomic mass is 10.3. The third-order valence-electron chi connectivity index (χ3n) is 1.48. The van der Waals surface area contributed by atoms with Gasteiger partial charge in [-0.15, -0.1) is 4.91 Å². The molecule has 0 spiro atoms. The first-order chi connectivity index (χ1) is 7.76. The molecule has 0 radical (unpaired) electrons. The molecule has 0 fully saturated rings. The molecule has 0 amide bonds. The minimum absolute atomic E-state index is 0.235. The van der Waals surface area contributed by atoms with Gasteiger partial charge in [0.1, 0.15) is 11.4 Å². The Bertz CT molecular complexity index is 320. The van der Waals surface area contributed by atoms with Crippen LogP contribution < -0.4 is 4.74 Å². The molecule has 0 saturated heterocycles. The van der Waals surface area contributed by atoms with Crippen molar-refractivity contribution in [2.75, 3.05) is 6.61 Å². The van der Waals surface area contributed by atoms with Crippen LogP contribution in [0.15, 0.2) is 42.0 Å². The van der Waals surface area contributed by atoms with E-state index in [1.807, 2.05) is 20.8 Å². The third-order valence-corrected chi connectivity index (χ3v) is 1.48. The predicted octanol–water partition coefficient (Wildman–Crippen LogP) is 4.00. The highest BCUT2D eigenvalue weighted by Gasteiger charge is 1.98. The van der Waals surface area contributed by atoms with Crippen LogP contribution >= 0.6 is 0 Å². The average molecular weight is 223 g/mol. The molecular weight excluding hydrogens is 206 g/mol. The molecule has 0 aliphatic carbocycles. The molecule has 0 aliphatic rings. The van der Waals surface area contributed by atoms with Gasteiger partial charge in [-0.3, -0.25) is 0 Å². The smallest absolute Gasteiger partial charge is 0.277 e. The van der Waals surface area contributed by atoms with Crippen molar-refractivity contribution in [1.29, 1.82) is 0 Å². The Kier molecular flexibility index (Phi) is 7.49. The van der Waals surface area contributed by atoms with E-state index in [1.165, 1.54) is 0 Å². The Morgan fingerprint density at radius 2 is 1.88 bits per heavy atom. The molecule has 0 saturated carbocycles. The Balaban J connectivity index is 0.00000106. The summed E-state index contributed by atoms with van der Waals surface area (Å²) in [5, 5.41) is 2.77. The maximum absolute atomic E-state index is 10.1. The molecule has 0 N–H and O–H groups in total. The minimum Gasteiger partial charge on any atom is -0.466 e. The number of ether oxygens (including phenoxy) is 2. The van der Waals surface area contributed by atoms with Crippen molar-refractivity contribution in [3.05, 3.63) is 41.7 Å². The van der Waals surface area contributed by atoms with Gasteiger partial charge in [0, 0.05) is 0 Å². The topological polar surface area (TPSA) is 47.9 Å². The molecule has 0 aliphatic heterocycles. The summed E-state index contributed by atoms with van der Waals surface area (Å²) in [6, 6.07) is 6.37. The molecular formula is C12H17NO3. The summed E-state index contributed by atoms with van der Waals surface area (Å²) >= 11 is 0. The van der Waals surface area contributed by atoms with Gasteiger partial charge in [-0.25, -0.2) is 0 Å². The number of rotatable bonds is 5. The summed E-state index contributed by atoms with van der Waals surface area (Å²) < 4.78 is 10.2. The minimum atomic E-state index is 0.235. The van der Waals surface area contributed by atoms with Gasteiger partial charge in [-0.2, -0.15) is 0 Å². The Morgan fingerprint density at radius 3 is 2.31 bits per heavy atom. The second kappa shape index (κ2) is 8.47. The van der Waals surface area contributed by atoms with Crippen LogP contribution in [0.4, 0.5) is 5.69 Å². The van der Waals surface area contributed by atoms with Crippen LogP contribution in [-0.4, -0.2) is 6.61 Å². The second-order valence-electron chi connectivity index (χ2n) is 2.49. The van der Waals surface area contributed by atoms with E-state index >= 15 is 0 Å². The fraction of sp³-hybridized carbons (Fsp3) is 0.333. The molecule has 4 heteroatoms. The summed E-state index contributed by atoms with van der Waals surface area (Å²) in [6.45, 7) is 9.90. The molecule has 0 atom stereocenters. The summed E-state index contributed by atoms with van der Waals surface area (Å²) in [7, 11) is 0. The van der Waals surface area contributed by atoms with E-state index < -0.39 is 0 Å². The van der Waals surface area contributed by atoms with Crippen LogP contribution in [-0.2, 0) is 4.74 Å². The van der Waals surface area contributed by atoms with Gasteiger partial charge in [-0.1, -0.05) is 13.8 Å². The average Bonchev–Trinajstić information content (AvgIpc) is 2.33. The van der Waals surface area contributed by atoms with Gasteiger partial charge < -0.3 is 9.47 Å². The second-order valence-corrected chi connectivity index (χ2v) is 2.49. The van der Waals surface area contributed by atoms with Crippen molar-refractivity contribution in [3.8, 4) is 5.75 Å². The zero-order valence-electron chi connectivity index (χ0n) is 9.90. The van der Waals surface area contributed by atoms with E-state index in [0.29, 0.717) is 18.0 Å². The van der Waals surface area contributed by atoms with E-state index in [2.05, 4.69) is 11.8 Å². The van der Waals surface area contributed by atoms with E-state index in [-0.39, 0.29) is 5.95 Å². The molecule has 1 aromatic carbocycles.